The van der Waals surface area contributed by atoms with Gasteiger partial charge in [-0.15, -0.1) is 0 Å². The van der Waals surface area contributed by atoms with Crippen molar-refractivity contribution in [3.05, 3.63) is 53.6 Å². The van der Waals surface area contributed by atoms with Gasteiger partial charge in [0.15, 0.2) is 0 Å². The lowest BCUT2D eigenvalue weighted by Crippen LogP contribution is -1.91. The van der Waals surface area contributed by atoms with E-state index >= 15 is 0 Å². The van der Waals surface area contributed by atoms with Gasteiger partial charge in [-0.2, -0.15) is 0 Å². The van der Waals surface area contributed by atoms with Crippen LogP contribution in [0.2, 0.25) is 0 Å². The van der Waals surface area contributed by atoms with Crippen molar-refractivity contribution in [3.63, 3.8) is 0 Å². The molecule has 94 valence electrons. The number of aryl methyl sites for hydroxylation is 1. The maximum absolute atomic E-state index is 5.84. The van der Waals surface area contributed by atoms with Crippen LogP contribution >= 0.6 is 0 Å². The Morgan fingerprint density at radius 1 is 1.00 bits per heavy atom. The lowest BCUT2D eigenvalue weighted by atomic mass is 10.0. The molecule has 2 aromatic rings. The Kier molecular flexibility index (Phi) is 3.56. The molecule has 0 amide bonds. The number of nitrogens with two attached hydrogens (primary N) is 1. The third kappa shape index (κ3) is 2.83. The van der Waals surface area contributed by atoms with E-state index in [1.807, 2.05) is 37.3 Å². The van der Waals surface area contributed by atoms with Crippen molar-refractivity contribution in [1.82, 2.24) is 0 Å². The molecular weight excluding hydrogens is 222 g/mol. The highest BCUT2D eigenvalue weighted by atomic mass is 16.5. The van der Waals surface area contributed by atoms with Crippen LogP contribution < -0.4 is 10.5 Å². The molecule has 0 spiro atoms. The van der Waals surface area contributed by atoms with Crippen LogP contribution in [0.5, 0.6) is 11.5 Å². The van der Waals surface area contributed by atoms with Gasteiger partial charge < -0.3 is 10.5 Å². The topological polar surface area (TPSA) is 35.2 Å². The molecule has 2 nitrogen and oxygen atoms in total. The van der Waals surface area contributed by atoms with Gasteiger partial charge in [-0.05, 0) is 54.3 Å². The first-order chi connectivity index (χ1) is 8.56. The van der Waals surface area contributed by atoms with Crippen LogP contribution in [0, 0.1) is 6.92 Å². The molecule has 2 rings (SSSR count). The monoisotopic (exact) mass is 241 g/mol. The second kappa shape index (κ2) is 5.13. The molecule has 0 saturated heterocycles. The summed E-state index contributed by atoms with van der Waals surface area (Å²) in [7, 11) is 0. The van der Waals surface area contributed by atoms with Crippen LogP contribution in [0.25, 0.3) is 0 Å². The second-order valence-electron chi connectivity index (χ2n) is 4.85. The number of nitrogen functional groups attached to an aromatic ring is 1. The summed E-state index contributed by atoms with van der Waals surface area (Å²) in [4.78, 5) is 0. The minimum Gasteiger partial charge on any atom is -0.457 e. The molecule has 2 N–H and O–H groups in total. The maximum atomic E-state index is 5.84. The van der Waals surface area contributed by atoms with Gasteiger partial charge in [-0.25, -0.2) is 0 Å². The van der Waals surface area contributed by atoms with E-state index in [0.29, 0.717) is 5.92 Å². The maximum Gasteiger partial charge on any atom is 0.130 e. The third-order valence-corrected chi connectivity index (χ3v) is 2.97. The van der Waals surface area contributed by atoms with Gasteiger partial charge in [-0.1, -0.05) is 26.0 Å². The zero-order valence-corrected chi connectivity index (χ0v) is 11.1. The molecule has 2 heteroatoms. The minimum absolute atomic E-state index is 0.539. The summed E-state index contributed by atoms with van der Waals surface area (Å²) < 4.78 is 5.84. The molecule has 0 aliphatic rings. The highest BCUT2D eigenvalue weighted by molar-refractivity contribution is 5.48. The number of hydrogen-bond acceptors (Lipinski definition) is 2. The van der Waals surface area contributed by atoms with Crippen molar-refractivity contribution in [2.24, 2.45) is 0 Å². The fourth-order valence-electron chi connectivity index (χ4n) is 1.83. The molecule has 2 aromatic carbocycles. The Bertz CT molecular complexity index is 529. The Morgan fingerprint density at radius 2 is 1.67 bits per heavy atom. The van der Waals surface area contributed by atoms with E-state index in [1.54, 1.807) is 0 Å². The van der Waals surface area contributed by atoms with Crippen LogP contribution in [0.4, 0.5) is 5.69 Å². The van der Waals surface area contributed by atoms with Gasteiger partial charge in [0.1, 0.15) is 11.5 Å². The number of anilines is 1. The van der Waals surface area contributed by atoms with E-state index in [0.717, 1.165) is 22.7 Å². The minimum atomic E-state index is 0.539. The normalized spacial score (nSPS) is 10.7. The first kappa shape index (κ1) is 12.5. The fourth-order valence-corrected chi connectivity index (χ4v) is 1.83. The summed E-state index contributed by atoms with van der Waals surface area (Å²) in [6, 6.07) is 13.9. The molecule has 0 aliphatic heterocycles. The summed E-state index contributed by atoms with van der Waals surface area (Å²) in [5.41, 5.74) is 8.84. The summed E-state index contributed by atoms with van der Waals surface area (Å²) in [5.74, 6) is 2.24. The fraction of sp³-hybridized carbons (Fsp3) is 0.250. The van der Waals surface area contributed by atoms with Crippen LogP contribution in [0.1, 0.15) is 30.9 Å². The number of benzene rings is 2. The standard InChI is InChI=1S/C16H19NO/c1-11(2)13-4-7-15(8-5-13)18-16-9-6-14(17)10-12(16)3/h4-11H,17H2,1-3H3. The number of hydrogen-bond donors (Lipinski definition) is 1. The predicted octanol–water partition coefficient (Wildman–Crippen LogP) is 4.49. The van der Waals surface area contributed by atoms with E-state index < -0.39 is 0 Å². The van der Waals surface area contributed by atoms with Crippen molar-refractivity contribution >= 4 is 5.69 Å². The van der Waals surface area contributed by atoms with Crippen molar-refractivity contribution < 1.29 is 4.74 Å². The summed E-state index contributed by atoms with van der Waals surface area (Å²) >= 11 is 0. The molecule has 0 unspecified atom stereocenters. The SMILES string of the molecule is Cc1cc(N)ccc1Oc1ccc(C(C)C)cc1. The largest absolute Gasteiger partial charge is 0.457 e. The molecule has 0 saturated carbocycles. The molecule has 0 radical (unpaired) electrons. The predicted molar refractivity (Wildman–Crippen MR) is 76.2 cm³/mol. The van der Waals surface area contributed by atoms with Gasteiger partial charge in [0.05, 0.1) is 0 Å². The Labute approximate surface area is 108 Å². The van der Waals surface area contributed by atoms with Crippen LogP contribution in [-0.2, 0) is 0 Å². The zero-order chi connectivity index (χ0) is 13.1. The lowest BCUT2D eigenvalue weighted by molar-refractivity contribution is 0.478. The Balaban J connectivity index is 2.18. The van der Waals surface area contributed by atoms with Gasteiger partial charge in [0.2, 0.25) is 0 Å². The van der Waals surface area contributed by atoms with Crippen molar-refractivity contribution in [3.8, 4) is 11.5 Å². The van der Waals surface area contributed by atoms with E-state index in [9.17, 15) is 0 Å². The highest BCUT2D eigenvalue weighted by Crippen LogP contribution is 2.27. The smallest absolute Gasteiger partial charge is 0.130 e. The molecular formula is C16H19NO. The summed E-state index contributed by atoms with van der Waals surface area (Å²) in [6.45, 7) is 6.36. The van der Waals surface area contributed by atoms with Crippen molar-refractivity contribution in [2.45, 2.75) is 26.7 Å². The second-order valence-corrected chi connectivity index (χ2v) is 4.85. The molecule has 0 fully saturated rings. The lowest BCUT2D eigenvalue weighted by Gasteiger charge is -2.10. The number of ether oxygens (including phenoxy) is 1. The van der Waals surface area contributed by atoms with E-state index in [1.165, 1.54) is 5.56 Å². The Hall–Kier alpha value is -1.96. The van der Waals surface area contributed by atoms with Crippen molar-refractivity contribution in [1.29, 1.82) is 0 Å². The van der Waals surface area contributed by atoms with Crippen molar-refractivity contribution in [2.75, 3.05) is 5.73 Å². The average Bonchev–Trinajstić information content (AvgIpc) is 2.33. The molecule has 0 bridgehead atoms. The third-order valence-electron chi connectivity index (χ3n) is 2.97. The molecule has 0 atom stereocenters. The van der Waals surface area contributed by atoms with Crippen LogP contribution in [-0.4, -0.2) is 0 Å². The van der Waals surface area contributed by atoms with Gasteiger partial charge >= 0.3 is 0 Å². The molecule has 0 aliphatic carbocycles. The summed E-state index contributed by atoms with van der Waals surface area (Å²) in [5, 5.41) is 0. The van der Waals surface area contributed by atoms with E-state index in [2.05, 4.69) is 26.0 Å². The molecule has 0 aromatic heterocycles. The van der Waals surface area contributed by atoms with E-state index in [-0.39, 0.29) is 0 Å². The summed E-state index contributed by atoms with van der Waals surface area (Å²) in [6.07, 6.45) is 0. The van der Waals surface area contributed by atoms with Crippen LogP contribution in [0.15, 0.2) is 42.5 Å². The Morgan fingerprint density at radius 3 is 2.22 bits per heavy atom. The van der Waals surface area contributed by atoms with E-state index in [4.69, 9.17) is 10.5 Å². The highest BCUT2D eigenvalue weighted by Gasteiger charge is 2.03. The van der Waals surface area contributed by atoms with Gasteiger partial charge in [-0.3, -0.25) is 0 Å². The zero-order valence-electron chi connectivity index (χ0n) is 11.1. The van der Waals surface area contributed by atoms with Crippen LogP contribution in [0.3, 0.4) is 0 Å². The quantitative estimate of drug-likeness (QED) is 0.803. The molecule has 18 heavy (non-hydrogen) atoms. The van der Waals surface area contributed by atoms with Gasteiger partial charge in [0.25, 0.3) is 0 Å². The first-order valence-corrected chi connectivity index (χ1v) is 6.20. The first-order valence-electron chi connectivity index (χ1n) is 6.20. The van der Waals surface area contributed by atoms with Gasteiger partial charge in [0, 0.05) is 5.69 Å². The number of rotatable bonds is 3. The average molecular weight is 241 g/mol. The molecule has 0 heterocycles.